The Morgan fingerprint density at radius 1 is 1.62 bits per heavy atom. The lowest BCUT2D eigenvalue weighted by molar-refractivity contribution is -0.148. The van der Waals surface area contributed by atoms with Gasteiger partial charge in [0, 0.05) is 20.2 Å². The first kappa shape index (κ1) is 12.7. The number of nitrogens with one attached hydrogen (secondary N) is 1. The molecule has 0 spiro atoms. The average molecular weight is 232 g/mol. The summed E-state index contributed by atoms with van der Waals surface area (Å²) in [6, 6.07) is -0.375. The molecular formula is C9H16N2O5. The van der Waals surface area contributed by atoms with Gasteiger partial charge in [0.25, 0.3) is 0 Å². The molecule has 0 radical (unpaired) electrons. The fourth-order valence-corrected chi connectivity index (χ4v) is 1.49. The lowest BCUT2D eigenvalue weighted by Gasteiger charge is -2.18. The summed E-state index contributed by atoms with van der Waals surface area (Å²) in [7, 11) is 1.27. The maximum Gasteiger partial charge on any atom is 0.334 e. The zero-order valence-corrected chi connectivity index (χ0v) is 9.05. The SMILES string of the molecule is COC(CNC(=O)N1CCC(O)C1)C(=O)O. The number of methoxy groups -OCH3 is 1. The maximum absolute atomic E-state index is 11.5. The second-order valence-electron chi connectivity index (χ2n) is 3.64. The van der Waals surface area contributed by atoms with E-state index in [2.05, 4.69) is 10.1 Å². The van der Waals surface area contributed by atoms with Crippen LogP contribution >= 0.6 is 0 Å². The quantitative estimate of drug-likeness (QED) is 0.569. The van der Waals surface area contributed by atoms with Crippen LogP contribution in [-0.2, 0) is 9.53 Å². The van der Waals surface area contributed by atoms with Crippen molar-refractivity contribution < 1.29 is 24.5 Å². The zero-order chi connectivity index (χ0) is 12.1. The number of rotatable bonds is 4. The summed E-state index contributed by atoms with van der Waals surface area (Å²) in [5.41, 5.74) is 0. The Hall–Kier alpha value is -1.34. The highest BCUT2D eigenvalue weighted by molar-refractivity contribution is 5.77. The van der Waals surface area contributed by atoms with E-state index in [4.69, 9.17) is 5.11 Å². The summed E-state index contributed by atoms with van der Waals surface area (Å²) in [6.45, 7) is 0.686. The number of hydrogen-bond acceptors (Lipinski definition) is 4. The number of likely N-dealkylation sites (tertiary alicyclic amines) is 1. The van der Waals surface area contributed by atoms with Gasteiger partial charge in [-0.2, -0.15) is 0 Å². The van der Waals surface area contributed by atoms with Gasteiger partial charge in [-0.3, -0.25) is 0 Å². The van der Waals surface area contributed by atoms with E-state index in [0.29, 0.717) is 13.0 Å². The summed E-state index contributed by atoms with van der Waals surface area (Å²) in [5.74, 6) is -1.12. The van der Waals surface area contributed by atoms with Crippen molar-refractivity contribution >= 4 is 12.0 Å². The number of carboxylic acids is 1. The minimum atomic E-state index is -1.12. The maximum atomic E-state index is 11.5. The summed E-state index contributed by atoms with van der Waals surface area (Å²) < 4.78 is 4.66. The molecule has 1 fully saturated rings. The van der Waals surface area contributed by atoms with Gasteiger partial charge in [0.15, 0.2) is 6.10 Å². The zero-order valence-electron chi connectivity index (χ0n) is 9.05. The van der Waals surface area contributed by atoms with Gasteiger partial charge in [0.05, 0.1) is 12.6 Å². The molecule has 2 amide bonds. The first-order valence-corrected chi connectivity index (χ1v) is 5.01. The molecule has 1 aliphatic heterocycles. The van der Waals surface area contributed by atoms with Crippen LogP contribution in [0, 0.1) is 0 Å². The molecule has 1 heterocycles. The number of ether oxygens (including phenoxy) is 1. The van der Waals surface area contributed by atoms with Gasteiger partial charge in [0.1, 0.15) is 0 Å². The third kappa shape index (κ3) is 3.35. The molecule has 7 nitrogen and oxygen atoms in total. The van der Waals surface area contributed by atoms with E-state index in [9.17, 15) is 14.7 Å². The highest BCUT2D eigenvalue weighted by Crippen LogP contribution is 2.08. The smallest absolute Gasteiger partial charge is 0.334 e. The van der Waals surface area contributed by atoms with Crippen LogP contribution in [0.2, 0.25) is 0 Å². The summed E-state index contributed by atoms with van der Waals surface area (Å²) in [5, 5.41) is 20.3. The second kappa shape index (κ2) is 5.66. The van der Waals surface area contributed by atoms with E-state index in [-0.39, 0.29) is 19.1 Å². The van der Waals surface area contributed by atoms with Gasteiger partial charge in [-0.05, 0) is 6.42 Å². The van der Waals surface area contributed by atoms with Crippen LogP contribution in [0.5, 0.6) is 0 Å². The molecule has 0 aromatic carbocycles. The number of aliphatic carboxylic acids is 1. The molecule has 1 rings (SSSR count). The largest absolute Gasteiger partial charge is 0.479 e. The van der Waals surface area contributed by atoms with E-state index in [1.165, 1.54) is 12.0 Å². The van der Waals surface area contributed by atoms with Crippen molar-refractivity contribution in [2.45, 2.75) is 18.6 Å². The Morgan fingerprint density at radius 3 is 2.75 bits per heavy atom. The lowest BCUT2D eigenvalue weighted by Crippen LogP contribution is -2.44. The molecule has 0 aliphatic carbocycles. The Kier molecular flexibility index (Phi) is 4.51. The van der Waals surface area contributed by atoms with Crippen LogP contribution in [-0.4, -0.2) is 66.1 Å². The Balaban J connectivity index is 2.32. The number of carbonyl (C=O) groups is 2. The number of nitrogens with zero attached hydrogens (tertiary/aromatic N) is 1. The summed E-state index contributed by atoms with van der Waals surface area (Å²) >= 11 is 0. The number of carboxylic acid groups (broad SMARTS) is 1. The first-order valence-electron chi connectivity index (χ1n) is 5.01. The van der Waals surface area contributed by atoms with Gasteiger partial charge in [-0.15, -0.1) is 0 Å². The van der Waals surface area contributed by atoms with E-state index in [1.54, 1.807) is 0 Å². The highest BCUT2D eigenvalue weighted by Gasteiger charge is 2.25. The van der Waals surface area contributed by atoms with Crippen LogP contribution < -0.4 is 5.32 Å². The van der Waals surface area contributed by atoms with Crippen LogP contribution in [0.15, 0.2) is 0 Å². The molecule has 2 atom stereocenters. The topological polar surface area (TPSA) is 99.1 Å². The van der Waals surface area contributed by atoms with E-state index >= 15 is 0 Å². The number of carbonyl (C=O) groups excluding carboxylic acids is 1. The third-order valence-electron chi connectivity index (χ3n) is 2.45. The van der Waals surface area contributed by atoms with Crippen LogP contribution in [0.1, 0.15) is 6.42 Å². The Bertz CT molecular complexity index is 271. The van der Waals surface area contributed by atoms with Crippen molar-refractivity contribution in [2.24, 2.45) is 0 Å². The molecule has 0 aromatic rings. The Morgan fingerprint density at radius 2 is 2.31 bits per heavy atom. The monoisotopic (exact) mass is 232 g/mol. The van der Waals surface area contributed by atoms with Gasteiger partial charge in [-0.1, -0.05) is 0 Å². The average Bonchev–Trinajstić information content (AvgIpc) is 2.65. The van der Waals surface area contributed by atoms with E-state index < -0.39 is 18.2 Å². The van der Waals surface area contributed by atoms with Crippen molar-refractivity contribution in [1.29, 1.82) is 0 Å². The number of urea groups is 1. The first-order chi connectivity index (χ1) is 7.54. The van der Waals surface area contributed by atoms with Crippen molar-refractivity contribution in [3.8, 4) is 0 Å². The van der Waals surface area contributed by atoms with E-state index in [1.807, 2.05) is 0 Å². The fourth-order valence-electron chi connectivity index (χ4n) is 1.49. The number of hydrogen-bond donors (Lipinski definition) is 3. The molecule has 2 unspecified atom stereocenters. The molecule has 1 aliphatic rings. The number of amides is 2. The Labute approximate surface area is 93.0 Å². The minimum absolute atomic E-state index is 0.0860. The van der Waals surface area contributed by atoms with Crippen LogP contribution in [0.4, 0.5) is 4.79 Å². The molecule has 3 N–H and O–H groups in total. The molecule has 92 valence electrons. The van der Waals surface area contributed by atoms with Crippen molar-refractivity contribution in [3.05, 3.63) is 0 Å². The van der Waals surface area contributed by atoms with Gasteiger partial charge in [-0.25, -0.2) is 9.59 Å². The van der Waals surface area contributed by atoms with Crippen molar-refractivity contribution in [1.82, 2.24) is 10.2 Å². The van der Waals surface area contributed by atoms with Crippen molar-refractivity contribution in [2.75, 3.05) is 26.7 Å². The van der Waals surface area contributed by atoms with Gasteiger partial charge < -0.3 is 25.2 Å². The summed E-state index contributed by atoms with van der Waals surface area (Å²) in [6.07, 6.45) is -0.972. The molecule has 7 heteroatoms. The van der Waals surface area contributed by atoms with Gasteiger partial charge >= 0.3 is 12.0 Å². The standard InChI is InChI=1S/C9H16N2O5/c1-16-7(8(13)14)4-10-9(15)11-3-2-6(12)5-11/h6-7,12H,2-5H2,1H3,(H,10,15)(H,13,14). The fraction of sp³-hybridized carbons (Fsp3) is 0.778. The predicted octanol–water partition coefficient (Wildman–Crippen LogP) is -1.14. The minimum Gasteiger partial charge on any atom is -0.479 e. The normalized spacial score (nSPS) is 21.9. The molecular weight excluding hydrogens is 216 g/mol. The second-order valence-corrected chi connectivity index (χ2v) is 3.64. The van der Waals surface area contributed by atoms with E-state index in [0.717, 1.165) is 0 Å². The van der Waals surface area contributed by atoms with Crippen LogP contribution in [0.3, 0.4) is 0 Å². The molecule has 16 heavy (non-hydrogen) atoms. The van der Waals surface area contributed by atoms with Crippen LogP contribution in [0.25, 0.3) is 0 Å². The summed E-state index contributed by atoms with van der Waals surface area (Å²) in [4.78, 5) is 23.5. The van der Waals surface area contributed by atoms with Gasteiger partial charge in [0.2, 0.25) is 0 Å². The lowest BCUT2D eigenvalue weighted by atomic mass is 10.3. The number of aliphatic hydroxyl groups excluding tert-OH is 1. The molecule has 0 aromatic heterocycles. The molecule has 0 saturated carbocycles. The highest BCUT2D eigenvalue weighted by atomic mass is 16.5. The number of aliphatic hydroxyl groups is 1. The predicted molar refractivity (Wildman–Crippen MR) is 54.0 cm³/mol. The third-order valence-corrected chi connectivity index (χ3v) is 2.45. The van der Waals surface area contributed by atoms with Crippen molar-refractivity contribution in [3.63, 3.8) is 0 Å². The molecule has 0 bridgehead atoms. The number of β-amino-alcohol motifs (C(OH)–C–C–N with tert-alkyl or cyclic N) is 1. The molecule has 1 saturated heterocycles.